The summed E-state index contributed by atoms with van der Waals surface area (Å²) in [7, 11) is 0. The van der Waals surface area contributed by atoms with Crippen LogP contribution in [0.1, 0.15) is 15.2 Å². The molecule has 1 aromatic heterocycles. The normalized spacial score (nSPS) is 11.3. The van der Waals surface area contributed by atoms with Crippen LogP contribution in [0.25, 0.3) is 16.5 Å². The number of carbonyl (C=O) groups excluding carboxylic acids is 1. The number of halogens is 2. The molecule has 0 saturated carbocycles. The number of carboxylic acids is 1. The van der Waals surface area contributed by atoms with Gasteiger partial charge in [0.15, 0.2) is 0 Å². The van der Waals surface area contributed by atoms with E-state index < -0.39 is 11.9 Å². The number of rotatable bonds is 5. The lowest BCUT2D eigenvalue weighted by molar-refractivity contribution is -0.132. The van der Waals surface area contributed by atoms with Gasteiger partial charge in [-0.3, -0.25) is 4.79 Å². The minimum Gasteiger partial charge on any atom is -0.477 e. The van der Waals surface area contributed by atoms with Crippen molar-refractivity contribution in [3.63, 3.8) is 0 Å². The van der Waals surface area contributed by atoms with Crippen molar-refractivity contribution < 1.29 is 14.7 Å². The molecule has 0 radical (unpaired) electrons. The molecule has 0 saturated heterocycles. The molecule has 3 aromatic rings. The van der Waals surface area contributed by atoms with E-state index in [2.05, 4.69) is 21.2 Å². The predicted molar refractivity (Wildman–Crippen MR) is 112 cm³/mol. The summed E-state index contributed by atoms with van der Waals surface area (Å²) in [5, 5.41) is 12.5. The van der Waals surface area contributed by atoms with Gasteiger partial charge in [-0.15, -0.1) is 11.3 Å². The zero-order chi connectivity index (χ0) is 19.4. The second-order valence-corrected chi connectivity index (χ2v) is 7.95. The molecule has 0 spiro atoms. The number of hydrogen-bond donors (Lipinski definition) is 2. The topological polar surface area (TPSA) is 66.4 Å². The standard InChI is InChI=1S/C20H13BrClNO3S/c21-13-5-3-4-12(10-13)19(24)23-17(20(25)26)11-14-8-9-18(27-14)15-6-1-2-7-16(15)22/h1-11H,(H,23,24)(H,25,26)/b17-11+. The molecule has 0 aliphatic rings. The highest BCUT2D eigenvalue weighted by Crippen LogP contribution is 2.33. The molecular formula is C20H13BrClNO3S. The Bertz CT molecular complexity index is 1040. The molecule has 2 N–H and O–H groups in total. The highest BCUT2D eigenvalue weighted by Gasteiger charge is 2.14. The molecule has 3 rings (SSSR count). The van der Waals surface area contributed by atoms with Crippen LogP contribution in [-0.4, -0.2) is 17.0 Å². The van der Waals surface area contributed by atoms with Gasteiger partial charge in [-0.2, -0.15) is 0 Å². The van der Waals surface area contributed by atoms with E-state index in [-0.39, 0.29) is 5.70 Å². The fraction of sp³-hybridized carbons (Fsp3) is 0. The Morgan fingerprint density at radius 3 is 2.56 bits per heavy atom. The number of hydrogen-bond acceptors (Lipinski definition) is 3. The number of carbonyl (C=O) groups is 2. The predicted octanol–water partition coefficient (Wildman–Crippen LogP) is 5.69. The monoisotopic (exact) mass is 461 g/mol. The lowest BCUT2D eigenvalue weighted by atomic mass is 10.2. The van der Waals surface area contributed by atoms with Crippen molar-refractivity contribution in [3.8, 4) is 10.4 Å². The van der Waals surface area contributed by atoms with Crippen molar-refractivity contribution in [3.05, 3.63) is 86.3 Å². The van der Waals surface area contributed by atoms with Crippen molar-refractivity contribution >= 4 is 56.8 Å². The summed E-state index contributed by atoms with van der Waals surface area (Å²) in [6.45, 7) is 0. The first kappa shape index (κ1) is 19.4. The van der Waals surface area contributed by atoms with Gasteiger partial charge in [-0.05, 0) is 42.5 Å². The fourth-order valence-electron chi connectivity index (χ4n) is 2.35. The van der Waals surface area contributed by atoms with E-state index in [1.54, 1.807) is 36.4 Å². The van der Waals surface area contributed by atoms with E-state index in [0.29, 0.717) is 15.5 Å². The van der Waals surface area contributed by atoms with Gasteiger partial charge in [0.25, 0.3) is 5.91 Å². The maximum Gasteiger partial charge on any atom is 0.352 e. The van der Waals surface area contributed by atoms with Gasteiger partial charge in [0, 0.05) is 30.4 Å². The van der Waals surface area contributed by atoms with Gasteiger partial charge >= 0.3 is 5.97 Å². The van der Waals surface area contributed by atoms with Crippen LogP contribution in [0.4, 0.5) is 0 Å². The van der Waals surface area contributed by atoms with Crippen molar-refractivity contribution in [2.75, 3.05) is 0 Å². The Hall–Kier alpha value is -2.41. The van der Waals surface area contributed by atoms with Gasteiger partial charge < -0.3 is 10.4 Å². The summed E-state index contributed by atoms with van der Waals surface area (Å²) in [6.07, 6.45) is 1.43. The number of benzene rings is 2. The molecule has 7 heteroatoms. The van der Waals surface area contributed by atoms with Gasteiger partial charge in [0.05, 0.1) is 0 Å². The summed E-state index contributed by atoms with van der Waals surface area (Å²) >= 11 is 10.9. The second-order valence-electron chi connectivity index (χ2n) is 5.51. The van der Waals surface area contributed by atoms with Crippen molar-refractivity contribution in [2.45, 2.75) is 0 Å². The highest BCUT2D eigenvalue weighted by molar-refractivity contribution is 9.10. The Labute approximate surface area is 173 Å². The zero-order valence-corrected chi connectivity index (χ0v) is 16.9. The molecule has 0 unspecified atom stereocenters. The molecule has 1 amide bonds. The van der Waals surface area contributed by atoms with Crippen LogP contribution in [0.2, 0.25) is 5.02 Å². The molecule has 0 bridgehead atoms. The van der Waals surface area contributed by atoms with E-state index in [1.807, 2.05) is 24.3 Å². The lowest BCUT2D eigenvalue weighted by Crippen LogP contribution is -2.27. The average molecular weight is 463 g/mol. The summed E-state index contributed by atoms with van der Waals surface area (Å²) in [4.78, 5) is 25.5. The molecule has 0 aliphatic carbocycles. The van der Waals surface area contributed by atoms with E-state index >= 15 is 0 Å². The first-order valence-corrected chi connectivity index (χ1v) is 9.79. The van der Waals surface area contributed by atoms with Crippen molar-refractivity contribution in [2.24, 2.45) is 0 Å². The van der Waals surface area contributed by atoms with Crippen LogP contribution in [0.5, 0.6) is 0 Å². The van der Waals surface area contributed by atoms with E-state index in [1.165, 1.54) is 17.4 Å². The third-order valence-corrected chi connectivity index (χ3v) is 5.51. The minimum absolute atomic E-state index is 0.201. The van der Waals surface area contributed by atoms with Crippen molar-refractivity contribution in [1.82, 2.24) is 5.32 Å². The zero-order valence-electron chi connectivity index (χ0n) is 13.8. The maximum atomic E-state index is 12.3. The Morgan fingerprint density at radius 1 is 1.07 bits per heavy atom. The third kappa shape index (κ3) is 4.86. The molecule has 1 heterocycles. The van der Waals surface area contributed by atoms with Gasteiger partial charge in [-0.25, -0.2) is 4.79 Å². The third-order valence-electron chi connectivity index (χ3n) is 3.62. The molecule has 2 aromatic carbocycles. The molecular weight excluding hydrogens is 450 g/mol. The molecule has 27 heavy (non-hydrogen) atoms. The van der Waals surface area contributed by atoms with Crippen LogP contribution >= 0.6 is 38.9 Å². The van der Waals surface area contributed by atoms with Crippen LogP contribution in [0.15, 0.2) is 70.8 Å². The smallest absolute Gasteiger partial charge is 0.352 e. The summed E-state index contributed by atoms with van der Waals surface area (Å²) < 4.78 is 0.735. The van der Waals surface area contributed by atoms with Gasteiger partial charge in [0.2, 0.25) is 0 Å². The molecule has 0 aliphatic heterocycles. The molecule has 136 valence electrons. The SMILES string of the molecule is O=C(O)/C(=C\c1ccc(-c2ccccc2Cl)s1)NC(=O)c1cccc(Br)c1. The maximum absolute atomic E-state index is 12.3. The molecule has 0 fully saturated rings. The van der Waals surface area contributed by atoms with E-state index in [4.69, 9.17) is 11.6 Å². The fourth-order valence-corrected chi connectivity index (χ4v) is 4.04. The number of thiophene rings is 1. The first-order valence-electron chi connectivity index (χ1n) is 7.80. The van der Waals surface area contributed by atoms with Gasteiger partial charge in [0.1, 0.15) is 5.70 Å². The number of carboxylic acid groups (broad SMARTS) is 1. The first-order chi connectivity index (χ1) is 12.9. The van der Waals surface area contributed by atoms with E-state index in [0.717, 1.165) is 14.9 Å². The Kier molecular flexibility index (Phi) is 6.11. The Balaban J connectivity index is 1.85. The van der Waals surface area contributed by atoms with Crippen LogP contribution < -0.4 is 5.32 Å². The van der Waals surface area contributed by atoms with Crippen LogP contribution in [0, 0.1) is 0 Å². The lowest BCUT2D eigenvalue weighted by Gasteiger charge is -2.06. The number of nitrogens with one attached hydrogen (secondary N) is 1. The quantitative estimate of drug-likeness (QED) is 0.479. The summed E-state index contributed by atoms with van der Waals surface area (Å²) in [5.74, 6) is -1.71. The van der Waals surface area contributed by atoms with Crippen LogP contribution in [-0.2, 0) is 4.79 Å². The Morgan fingerprint density at radius 2 is 1.85 bits per heavy atom. The van der Waals surface area contributed by atoms with E-state index in [9.17, 15) is 14.7 Å². The largest absolute Gasteiger partial charge is 0.477 e. The average Bonchev–Trinajstić information content (AvgIpc) is 3.09. The minimum atomic E-state index is -1.22. The highest BCUT2D eigenvalue weighted by atomic mass is 79.9. The number of amides is 1. The number of aliphatic carboxylic acids is 1. The van der Waals surface area contributed by atoms with Gasteiger partial charge in [-0.1, -0.05) is 51.8 Å². The molecule has 0 atom stereocenters. The summed E-state index contributed by atoms with van der Waals surface area (Å²) in [5.41, 5.74) is 1.03. The van der Waals surface area contributed by atoms with Crippen LogP contribution in [0.3, 0.4) is 0 Å². The molecule has 4 nitrogen and oxygen atoms in total. The van der Waals surface area contributed by atoms with Crippen molar-refractivity contribution in [1.29, 1.82) is 0 Å². The second kappa shape index (κ2) is 8.52. The summed E-state index contributed by atoms with van der Waals surface area (Å²) in [6, 6.07) is 17.8.